The summed E-state index contributed by atoms with van der Waals surface area (Å²) in [6.07, 6.45) is -0.249. The van der Waals surface area contributed by atoms with E-state index in [0.717, 1.165) is 16.6 Å². The predicted molar refractivity (Wildman–Crippen MR) is 89.7 cm³/mol. The van der Waals surface area contributed by atoms with Crippen molar-refractivity contribution in [2.24, 2.45) is 5.10 Å². The molecular weight excluding hydrogens is 306 g/mol. The third-order valence-electron chi connectivity index (χ3n) is 3.90. The molecule has 1 atom stereocenters. The van der Waals surface area contributed by atoms with E-state index in [1.165, 1.54) is 0 Å². The van der Waals surface area contributed by atoms with Gasteiger partial charge in [0.2, 0.25) is 5.89 Å². The first-order chi connectivity index (χ1) is 11.7. The number of oxazole rings is 1. The molecule has 3 aromatic rings. The van der Waals surface area contributed by atoms with E-state index in [0.29, 0.717) is 23.6 Å². The number of aromatic nitrogens is 1. The largest absolute Gasteiger partial charge is 0.438 e. The molecular formula is C18H15N3O3. The lowest BCUT2D eigenvalue weighted by atomic mass is 10.0. The van der Waals surface area contributed by atoms with E-state index >= 15 is 0 Å². The van der Waals surface area contributed by atoms with E-state index in [9.17, 15) is 4.79 Å². The zero-order valence-electron chi connectivity index (χ0n) is 13.0. The maximum atomic E-state index is 11.3. The topological polar surface area (TPSA) is 76.7 Å². The minimum Gasteiger partial charge on any atom is -0.438 e. The SMILES string of the molecule is CC[C@@H]1OC(=O)NN=C1c1ccc2nc(-c3ccccc3)oc2c1. The van der Waals surface area contributed by atoms with Crippen LogP contribution in [0.5, 0.6) is 0 Å². The number of hydrazone groups is 1. The first kappa shape index (κ1) is 14.4. The van der Waals surface area contributed by atoms with Crippen molar-refractivity contribution in [3.8, 4) is 11.5 Å². The number of hydrogen-bond donors (Lipinski definition) is 1. The fourth-order valence-electron chi connectivity index (χ4n) is 2.70. The van der Waals surface area contributed by atoms with E-state index in [1.54, 1.807) is 0 Å². The van der Waals surface area contributed by atoms with Crippen molar-refractivity contribution in [3.63, 3.8) is 0 Å². The summed E-state index contributed by atoms with van der Waals surface area (Å²) in [6, 6.07) is 15.4. The molecule has 1 aliphatic heterocycles. The quantitative estimate of drug-likeness (QED) is 0.797. The van der Waals surface area contributed by atoms with Gasteiger partial charge in [-0.2, -0.15) is 5.10 Å². The zero-order valence-corrected chi connectivity index (χ0v) is 13.0. The zero-order chi connectivity index (χ0) is 16.5. The number of fused-ring (bicyclic) bond motifs is 1. The third kappa shape index (κ3) is 2.52. The number of cyclic esters (lactones) is 1. The summed E-state index contributed by atoms with van der Waals surface area (Å²) in [6.45, 7) is 1.94. The molecule has 0 fully saturated rings. The fourth-order valence-corrected chi connectivity index (χ4v) is 2.70. The van der Waals surface area contributed by atoms with Crippen molar-refractivity contribution in [3.05, 3.63) is 54.1 Å². The molecule has 1 aromatic heterocycles. The number of rotatable bonds is 3. The second-order valence-electron chi connectivity index (χ2n) is 5.48. The molecule has 6 heteroatoms. The van der Waals surface area contributed by atoms with Crippen LogP contribution in [0, 0.1) is 0 Å². The minimum atomic E-state index is -0.530. The number of amides is 1. The highest BCUT2D eigenvalue weighted by Crippen LogP contribution is 2.26. The molecule has 0 aliphatic carbocycles. The lowest BCUT2D eigenvalue weighted by Crippen LogP contribution is -2.38. The number of hydrogen-bond acceptors (Lipinski definition) is 5. The smallest absolute Gasteiger partial charge is 0.428 e. The summed E-state index contributed by atoms with van der Waals surface area (Å²) in [4.78, 5) is 15.8. The average Bonchev–Trinajstić information content (AvgIpc) is 3.05. The van der Waals surface area contributed by atoms with Crippen LogP contribution in [0.3, 0.4) is 0 Å². The van der Waals surface area contributed by atoms with Crippen molar-refractivity contribution in [2.45, 2.75) is 19.4 Å². The van der Waals surface area contributed by atoms with Gasteiger partial charge in [-0.25, -0.2) is 15.2 Å². The number of ether oxygens (including phenoxy) is 1. The average molecular weight is 321 g/mol. The Bertz CT molecular complexity index is 931. The normalized spacial score (nSPS) is 17.3. The molecule has 24 heavy (non-hydrogen) atoms. The highest BCUT2D eigenvalue weighted by atomic mass is 16.6. The van der Waals surface area contributed by atoms with Gasteiger partial charge in [0, 0.05) is 11.1 Å². The number of nitrogens with one attached hydrogen (secondary N) is 1. The Hall–Kier alpha value is -3.15. The summed E-state index contributed by atoms with van der Waals surface area (Å²) >= 11 is 0. The van der Waals surface area contributed by atoms with E-state index in [4.69, 9.17) is 9.15 Å². The van der Waals surface area contributed by atoms with Crippen molar-refractivity contribution in [1.29, 1.82) is 0 Å². The van der Waals surface area contributed by atoms with Crippen LogP contribution in [-0.4, -0.2) is 22.9 Å². The number of carbonyl (C=O) groups is 1. The highest BCUT2D eigenvalue weighted by Gasteiger charge is 2.25. The molecule has 2 aromatic carbocycles. The van der Waals surface area contributed by atoms with Gasteiger partial charge in [-0.05, 0) is 30.7 Å². The van der Waals surface area contributed by atoms with Gasteiger partial charge < -0.3 is 9.15 Å². The molecule has 1 aliphatic rings. The molecule has 0 saturated heterocycles. The number of nitrogens with zero attached hydrogens (tertiary/aromatic N) is 2. The van der Waals surface area contributed by atoms with Crippen LogP contribution in [0.2, 0.25) is 0 Å². The van der Waals surface area contributed by atoms with Crippen LogP contribution in [0.15, 0.2) is 58.0 Å². The molecule has 0 spiro atoms. The Labute approximate surface area is 138 Å². The fraction of sp³-hybridized carbons (Fsp3) is 0.167. The summed E-state index contributed by atoms with van der Waals surface area (Å²) in [5, 5.41) is 4.13. The van der Waals surface area contributed by atoms with E-state index in [1.807, 2.05) is 55.5 Å². The molecule has 2 heterocycles. The van der Waals surface area contributed by atoms with Gasteiger partial charge in [-0.1, -0.05) is 31.2 Å². The molecule has 1 N–H and O–H groups in total. The second kappa shape index (κ2) is 5.81. The molecule has 1 amide bonds. The van der Waals surface area contributed by atoms with Crippen LogP contribution in [0.4, 0.5) is 4.79 Å². The van der Waals surface area contributed by atoms with Crippen molar-refractivity contribution in [2.75, 3.05) is 0 Å². The number of benzene rings is 2. The van der Waals surface area contributed by atoms with Gasteiger partial charge in [0.15, 0.2) is 5.58 Å². The van der Waals surface area contributed by atoms with Crippen LogP contribution in [0.25, 0.3) is 22.6 Å². The molecule has 0 radical (unpaired) electrons. The third-order valence-corrected chi connectivity index (χ3v) is 3.90. The van der Waals surface area contributed by atoms with Gasteiger partial charge in [0.1, 0.15) is 17.3 Å². The first-order valence-electron chi connectivity index (χ1n) is 7.75. The Balaban J connectivity index is 1.75. The minimum absolute atomic E-state index is 0.368. The van der Waals surface area contributed by atoms with Crippen molar-refractivity contribution < 1.29 is 13.9 Å². The Kier molecular flexibility index (Phi) is 3.49. The maximum Gasteiger partial charge on any atom is 0.428 e. The maximum absolute atomic E-state index is 11.3. The first-order valence-corrected chi connectivity index (χ1v) is 7.75. The standard InChI is InChI=1S/C18H15N3O3/c1-2-14-16(20-21-18(22)24-14)12-8-9-13-15(10-12)23-17(19-13)11-6-4-3-5-7-11/h3-10,14H,2H2,1H3,(H,21,22)/t14-/m0/s1. The molecule has 120 valence electrons. The van der Waals surface area contributed by atoms with E-state index in [2.05, 4.69) is 15.5 Å². The summed E-state index contributed by atoms with van der Waals surface area (Å²) in [5.74, 6) is 0.574. The van der Waals surface area contributed by atoms with Crippen LogP contribution >= 0.6 is 0 Å². The number of carbonyl (C=O) groups excluding carboxylic acids is 1. The van der Waals surface area contributed by atoms with Crippen LogP contribution in [-0.2, 0) is 4.74 Å². The predicted octanol–water partition coefficient (Wildman–Crippen LogP) is 3.72. The lowest BCUT2D eigenvalue weighted by molar-refractivity contribution is 0.119. The molecule has 6 nitrogen and oxygen atoms in total. The summed E-state index contributed by atoms with van der Waals surface area (Å²) in [7, 11) is 0. The van der Waals surface area contributed by atoms with Crippen molar-refractivity contribution >= 4 is 22.9 Å². The van der Waals surface area contributed by atoms with Gasteiger partial charge >= 0.3 is 6.09 Å². The van der Waals surface area contributed by atoms with Crippen molar-refractivity contribution in [1.82, 2.24) is 10.4 Å². The van der Waals surface area contributed by atoms with Gasteiger partial charge in [0.25, 0.3) is 0 Å². The lowest BCUT2D eigenvalue weighted by Gasteiger charge is -2.22. The van der Waals surface area contributed by atoms with Gasteiger partial charge in [-0.3, -0.25) is 0 Å². The summed E-state index contributed by atoms with van der Waals surface area (Å²) in [5.41, 5.74) is 6.23. The van der Waals surface area contributed by atoms with Gasteiger partial charge in [-0.15, -0.1) is 0 Å². The molecule has 0 saturated carbocycles. The Morgan fingerprint density at radius 2 is 1.96 bits per heavy atom. The Morgan fingerprint density at radius 3 is 2.75 bits per heavy atom. The van der Waals surface area contributed by atoms with Gasteiger partial charge in [0.05, 0.1) is 0 Å². The van der Waals surface area contributed by atoms with Crippen LogP contribution in [0.1, 0.15) is 18.9 Å². The second-order valence-corrected chi connectivity index (χ2v) is 5.48. The van der Waals surface area contributed by atoms with E-state index < -0.39 is 6.09 Å². The molecule has 4 rings (SSSR count). The monoisotopic (exact) mass is 321 g/mol. The van der Waals surface area contributed by atoms with Crippen LogP contribution < -0.4 is 5.43 Å². The van der Waals surface area contributed by atoms with E-state index in [-0.39, 0.29) is 6.10 Å². The molecule has 0 unspecified atom stereocenters. The summed E-state index contributed by atoms with van der Waals surface area (Å²) < 4.78 is 11.1. The Morgan fingerprint density at radius 1 is 1.12 bits per heavy atom. The molecule has 0 bridgehead atoms. The highest BCUT2D eigenvalue weighted by molar-refractivity contribution is 6.07.